The lowest BCUT2D eigenvalue weighted by atomic mass is 10.4. The minimum absolute atomic E-state index is 0.535. The predicted octanol–water partition coefficient (Wildman–Crippen LogP) is 0.675. The Bertz CT molecular complexity index is 110. The Kier molecular flexibility index (Phi) is 3.28. The van der Waals surface area contributed by atoms with Gasteiger partial charge in [0.15, 0.2) is 0 Å². The SMILES string of the molecule is CC(NC(C)C)=[N+](C)C. The van der Waals surface area contributed by atoms with Crippen LogP contribution in [0.5, 0.6) is 0 Å². The average Bonchev–Trinajstić information content (AvgIpc) is 1.63. The summed E-state index contributed by atoms with van der Waals surface area (Å²) in [6.07, 6.45) is 0. The number of hydrogen-bond acceptors (Lipinski definition) is 0. The van der Waals surface area contributed by atoms with Crippen molar-refractivity contribution >= 4 is 5.84 Å². The van der Waals surface area contributed by atoms with Gasteiger partial charge in [0.2, 0.25) is 5.84 Å². The number of rotatable bonds is 1. The number of nitrogens with zero attached hydrogens (tertiary/aromatic N) is 1. The van der Waals surface area contributed by atoms with E-state index in [0.717, 1.165) is 0 Å². The van der Waals surface area contributed by atoms with Crippen molar-refractivity contribution in [1.29, 1.82) is 0 Å². The standard InChI is InChI=1S/C7H16N2/c1-6(2)8-7(3)9(4)5/h6H,1-5H3/p+1. The summed E-state index contributed by atoms with van der Waals surface area (Å²) in [5.74, 6) is 1.21. The molecule has 0 spiro atoms. The largest absolute Gasteiger partial charge is 0.277 e. The topological polar surface area (TPSA) is 15.0 Å². The molecular formula is C7H17N2+. The Morgan fingerprint density at radius 1 is 1.33 bits per heavy atom. The lowest BCUT2D eigenvalue weighted by Gasteiger charge is -2.03. The zero-order valence-corrected chi connectivity index (χ0v) is 7.02. The molecule has 0 aromatic rings. The van der Waals surface area contributed by atoms with Gasteiger partial charge < -0.3 is 0 Å². The molecule has 0 bridgehead atoms. The van der Waals surface area contributed by atoms with Crippen LogP contribution in [0.4, 0.5) is 0 Å². The highest BCUT2D eigenvalue weighted by Gasteiger charge is 2.00. The molecule has 2 heteroatoms. The van der Waals surface area contributed by atoms with Gasteiger partial charge in [-0.3, -0.25) is 9.89 Å². The second-order valence-corrected chi connectivity index (χ2v) is 2.78. The fourth-order valence-electron chi connectivity index (χ4n) is 0.547. The monoisotopic (exact) mass is 129 g/mol. The van der Waals surface area contributed by atoms with Gasteiger partial charge in [-0.25, -0.2) is 0 Å². The van der Waals surface area contributed by atoms with E-state index >= 15 is 0 Å². The maximum Gasteiger partial charge on any atom is 0.241 e. The van der Waals surface area contributed by atoms with E-state index in [1.54, 1.807) is 0 Å². The Hall–Kier alpha value is -0.530. The van der Waals surface area contributed by atoms with Crippen LogP contribution in [-0.2, 0) is 0 Å². The Balaban J connectivity index is 3.77. The molecule has 0 saturated heterocycles. The van der Waals surface area contributed by atoms with Gasteiger partial charge in [0.1, 0.15) is 0 Å². The molecule has 0 amide bonds. The van der Waals surface area contributed by atoms with Crippen molar-refractivity contribution in [1.82, 2.24) is 5.32 Å². The first-order valence-electron chi connectivity index (χ1n) is 3.31. The smallest absolute Gasteiger partial charge is 0.241 e. The summed E-state index contributed by atoms with van der Waals surface area (Å²) in [7, 11) is 4.06. The van der Waals surface area contributed by atoms with Crippen LogP contribution in [-0.4, -0.2) is 30.5 Å². The van der Waals surface area contributed by atoms with Crippen molar-refractivity contribution < 1.29 is 4.58 Å². The summed E-state index contributed by atoms with van der Waals surface area (Å²) >= 11 is 0. The number of amidine groups is 1. The summed E-state index contributed by atoms with van der Waals surface area (Å²) in [5.41, 5.74) is 0. The van der Waals surface area contributed by atoms with Crippen molar-refractivity contribution in [2.45, 2.75) is 26.8 Å². The highest BCUT2D eigenvalue weighted by Crippen LogP contribution is 1.76. The zero-order valence-electron chi connectivity index (χ0n) is 7.02. The molecule has 0 aliphatic rings. The summed E-state index contributed by atoms with van der Waals surface area (Å²) in [6, 6.07) is 0.535. The molecule has 2 nitrogen and oxygen atoms in total. The third-order valence-corrected chi connectivity index (χ3v) is 1.17. The number of hydrogen-bond donors (Lipinski definition) is 1. The van der Waals surface area contributed by atoms with E-state index in [4.69, 9.17) is 0 Å². The number of nitrogens with one attached hydrogen (secondary N) is 1. The summed E-state index contributed by atoms with van der Waals surface area (Å²) < 4.78 is 2.07. The van der Waals surface area contributed by atoms with Crippen LogP contribution in [0.25, 0.3) is 0 Å². The summed E-state index contributed by atoms with van der Waals surface area (Å²) in [4.78, 5) is 0. The second kappa shape index (κ2) is 3.49. The van der Waals surface area contributed by atoms with Crippen LogP contribution in [0.3, 0.4) is 0 Å². The van der Waals surface area contributed by atoms with Gasteiger partial charge in [-0.15, -0.1) is 0 Å². The third kappa shape index (κ3) is 4.01. The van der Waals surface area contributed by atoms with E-state index in [1.807, 2.05) is 14.1 Å². The second-order valence-electron chi connectivity index (χ2n) is 2.78. The van der Waals surface area contributed by atoms with Crippen LogP contribution in [0.1, 0.15) is 20.8 Å². The molecule has 0 radical (unpaired) electrons. The molecule has 9 heavy (non-hydrogen) atoms. The van der Waals surface area contributed by atoms with Crippen molar-refractivity contribution in [2.75, 3.05) is 14.1 Å². The van der Waals surface area contributed by atoms with Crippen LogP contribution in [0.15, 0.2) is 0 Å². The van der Waals surface area contributed by atoms with E-state index in [9.17, 15) is 0 Å². The first kappa shape index (κ1) is 8.47. The van der Waals surface area contributed by atoms with Crippen LogP contribution >= 0.6 is 0 Å². The molecule has 0 unspecified atom stereocenters. The molecule has 0 atom stereocenters. The fraction of sp³-hybridized carbons (Fsp3) is 0.857. The van der Waals surface area contributed by atoms with Gasteiger partial charge in [-0.05, 0) is 13.8 Å². The molecular weight excluding hydrogens is 112 g/mol. The Morgan fingerprint density at radius 2 is 1.78 bits per heavy atom. The summed E-state index contributed by atoms with van der Waals surface area (Å²) in [5, 5.41) is 3.28. The molecule has 0 aromatic heterocycles. The Morgan fingerprint density at radius 3 is 1.89 bits per heavy atom. The average molecular weight is 129 g/mol. The van der Waals surface area contributed by atoms with E-state index in [2.05, 4.69) is 30.7 Å². The molecule has 0 aromatic carbocycles. The van der Waals surface area contributed by atoms with E-state index in [0.29, 0.717) is 6.04 Å². The minimum Gasteiger partial charge on any atom is -0.277 e. The zero-order chi connectivity index (χ0) is 7.44. The molecule has 0 aliphatic heterocycles. The highest BCUT2D eigenvalue weighted by molar-refractivity contribution is 5.74. The normalized spacial score (nSPS) is 9.56. The maximum atomic E-state index is 3.28. The van der Waals surface area contributed by atoms with Gasteiger partial charge in [-0.1, -0.05) is 0 Å². The fourth-order valence-corrected chi connectivity index (χ4v) is 0.547. The van der Waals surface area contributed by atoms with Crippen LogP contribution < -0.4 is 5.32 Å². The maximum absolute atomic E-state index is 3.28. The van der Waals surface area contributed by atoms with Crippen LogP contribution in [0, 0.1) is 0 Å². The van der Waals surface area contributed by atoms with Gasteiger partial charge in [-0.2, -0.15) is 0 Å². The van der Waals surface area contributed by atoms with Crippen molar-refractivity contribution in [2.24, 2.45) is 0 Å². The Labute approximate surface area is 57.6 Å². The van der Waals surface area contributed by atoms with E-state index in [-0.39, 0.29) is 0 Å². The van der Waals surface area contributed by atoms with E-state index < -0.39 is 0 Å². The van der Waals surface area contributed by atoms with Gasteiger partial charge in [0.05, 0.1) is 20.1 Å². The van der Waals surface area contributed by atoms with Gasteiger partial charge >= 0.3 is 0 Å². The quantitative estimate of drug-likeness (QED) is 0.312. The third-order valence-electron chi connectivity index (χ3n) is 1.17. The first-order valence-corrected chi connectivity index (χ1v) is 3.31. The molecule has 0 rings (SSSR count). The predicted molar refractivity (Wildman–Crippen MR) is 41.1 cm³/mol. The lowest BCUT2D eigenvalue weighted by Crippen LogP contribution is -2.33. The molecule has 0 saturated carbocycles. The lowest BCUT2D eigenvalue weighted by molar-refractivity contribution is -0.467. The van der Waals surface area contributed by atoms with Crippen molar-refractivity contribution in [3.05, 3.63) is 0 Å². The van der Waals surface area contributed by atoms with Gasteiger partial charge in [0.25, 0.3) is 0 Å². The molecule has 0 aliphatic carbocycles. The van der Waals surface area contributed by atoms with Gasteiger partial charge in [0, 0.05) is 6.92 Å². The molecule has 1 N–H and O–H groups in total. The van der Waals surface area contributed by atoms with Crippen molar-refractivity contribution in [3.63, 3.8) is 0 Å². The first-order chi connectivity index (χ1) is 4.04. The molecule has 0 fully saturated rings. The van der Waals surface area contributed by atoms with E-state index in [1.165, 1.54) is 5.84 Å². The van der Waals surface area contributed by atoms with Crippen molar-refractivity contribution in [3.8, 4) is 0 Å². The molecule has 0 heterocycles. The van der Waals surface area contributed by atoms with Crippen LogP contribution in [0.2, 0.25) is 0 Å². The molecule has 54 valence electrons. The minimum atomic E-state index is 0.535. The summed E-state index contributed by atoms with van der Waals surface area (Å²) in [6.45, 7) is 6.33. The highest BCUT2D eigenvalue weighted by atomic mass is 15.1.